The lowest BCUT2D eigenvalue weighted by Crippen LogP contribution is -2.52. The lowest BCUT2D eigenvalue weighted by molar-refractivity contribution is 0.124. The van der Waals surface area contributed by atoms with Gasteiger partial charge in [0, 0.05) is 13.1 Å². The van der Waals surface area contributed by atoms with Crippen LogP contribution in [-0.4, -0.2) is 58.0 Å². The first-order valence-corrected chi connectivity index (χ1v) is 15.4. The Morgan fingerprint density at radius 3 is 1.95 bits per heavy atom. The number of sulfonamides is 2. The Bertz CT molecular complexity index is 1510. The Labute approximate surface area is 229 Å². The summed E-state index contributed by atoms with van der Waals surface area (Å²) in [5, 5.41) is 0. The Balaban J connectivity index is 1.83. The van der Waals surface area contributed by atoms with Crippen LogP contribution in [0.25, 0.3) is 0 Å². The highest BCUT2D eigenvalue weighted by Crippen LogP contribution is 2.36. The van der Waals surface area contributed by atoms with Crippen LogP contribution in [0.15, 0.2) is 87.0 Å². The first-order chi connectivity index (χ1) is 18.1. The van der Waals surface area contributed by atoms with E-state index in [1.54, 1.807) is 72.7 Å². The van der Waals surface area contributed by atoms with Crippen LogP contribution in [0.4, 0.5) is 0 Å². The highest BCUT2D eigenvalue weighted by molar-refractivity contribution is 7.90. The molecule has 1 unspecified atom stereocenters. The van der Waals surface area contributed by atoms with Gasteiger partial charge in [-0.3, -0.25) is 0 Å². The average Bonchev–Trinajstić information content (AvgIpc) is 2.92. The molecule has 1 aliphatic heterocycles. The van der Waals surface area contributed by atoms with E-state index in [4.69, 9.17) is 16.3 Å². The first-order valence-electron chi connectivity index (χ1n) is 12.0. The second-order valence-electron chi connectivity index (χ2n) is 9.05. The molecule has 1 atom stereocenters. The molecule has 3 aromatic rings. The van der Waals surface area contributed by atoms with Gasteiger partial charge in [0.05, 0.1) is 22.8 Å². The van der Waals surface area contributed by atoms with Crippen molar-refractivity contribution in [1.82, 2.24) is 9.21 Å². The minimum atomic E-state index is -4.09. The van der Waals surface area contributed by atoms with Gasteiger partial charge in [0.15, 0.2) is 0 Å². The number of benzene rings is 3. The zero-order chi connectivity index (χ0) is 27.5. The van der Waals surface area contributed by atoms with E-state index in [9.17, 15) is 16.8 Å². The summed E-state index contributed by atoms with van der Waals surface area (Å²) in [6.45, 7) is 4.35. The Kier molecular flexibility index (Phi) is 8.46. The van der Waals surface area contributed by atoms with Gasteiger partial charge < -0.3 is 9.64 Å². The number of methoxy groups -OCH3 is 1. The molecule has 0 saturated carbocycles. The zero-order valence-corrected chi connectivity index (χ0v) is 23.8. The lowest BCUT2D eigenvalue weighted by atomic mass is 10.1. The predicted octanol–water partition coefficient (Wildman–Crippen LogP) is 4.73. The van der Waals surface area contributed by atoms with E-state index in [-0.39, 0.29) is 28.1 Å². The molecule has 3 aromatic carbocycles. The fraction of sp³-hybridized carbons (Fsp3) is 0.296. The van der Waals surface area contributed by atoms with E-state index in [0.29, 0.717) is 24.3 Å². The SMILES string of the molecule is COc1ccc(C2N(C(CCl)=NS(=O)(=O)c3ccc(C)cc3)CCCN2S(=O)(=O)c2ccc(C)cc2)cc1. The summed E-state index contributed by atoms with van der Waals surface area (Å²) in [7, 11) is -6.50. The van der Waals surface area contributed by atoms with Crippen LogP contribution in [0.3, 0.4) is 0 Å². The molecule has 8 nitrogen and oxygen atoms in total. The molecule has 1 aliphatic rings. The zero-order valence-electron chi connectivity index (χ0n) is 21.4. The quantitative estimate of drug-likeness (QED) is 0.229. The monoisotopic (exact) mass is 575 g/mol. The highest BCUT2D eigenvalue weighted by atomic mass is 35.5. The van der Waals surface area contributed by atoms with Gasteiger partial charge in [-0.25, -0.2) is 8.42 Å². The predicted molar refractivity (Wildman–Crippen MR) is 149 cm³/mol. The maximum Gasteiger partial charge on any atom is 0.283 e. The number of amidine groups is 1. The van der Waals surface area contributed by atoms with Gasteiger partial charge in [0.1, 0.15) is 17.8 Å². The van der Waals surface area contributed by atoms with E-state index in [2.05, 4.69) is 4.40 Å². The van der Waals surface area contributed by atoms with E-state index in [0.717, 1.165) is 11.1 Å². The fourth-order valence-corrected chi connectivity index (χ4v) is 7.28. The van der Waals surface area contributed by atoms with Crippen molar-refractivity contribution in [2.24, 2.45) is 4.40 Å². The molecule has 0 radical (unpaired) electrons. The van der Waals surface area contributed by atoms with Gasteiger partial charge in [0.2, 0.25) is 10.0 Å². The highest BCUT2D eigenvalue weighted by Gasteiger charge is 2.40. The van der Waals surface area contributed by atoms with E-state index < -0.39 is 26.2 Å². The topological polar surface area (TPSA) is 96.3 Å². The molecule has 0 aliphatic carbocycles. The molecule has 11 heteroatoms. The standard InChI is InChI=1S/C27H30ClN3O5S2/c1-20-5-13-24(14-6-20)37(32,33)29-26(19-28)30-17-4-18-31(27(30)22-9-11-23(36-3)12-10-22)38(34,35)25-15-7-21(2)8-16-25/h5-16,27H,4,17-19H2,1-3H3. The summed E-state index contributed by atoms with van der Waals surface area (Å²) in [5.41, 5.74) is 2.48. The van der Waals surface area contributed by atoms with Crippen molar-refractivity contribution in [3.05, 3.63) is 89.5 Å². The number of ether oxygens (including phenoxy) is 1. The maximum atomic E-state index is 13.9. The van der Waals surface area contributed by atoms with Crippen molar-refractivity contribution in [1.29, 1.82) is 0 Å². The molecule has 0 bridgehead atoms. The second-order valence-corrected chi connectivity index (χ2v) is 12.8. The van der Waals surface area contributed by atoms with Crippen molar-refractivity contribution >= 4 is 37.5 Å². The molecule has 1 saturated heterocycles. The van der Waals surface area contributed by atoms with Crippen LogP contribution in [-0.2, 0) is 20.0 Å². The minimum absolute atomic E-state index is 0.0351. The summed E-state index contributed by atoms with van der Waals surface area (Å²) < 4.78 is 64.9. The molecule has 202 valence electrons. The number of hydrogen-bond acceptors (Lipinski definition) is 5. The van der Waals surface area contributed by atoms with Gasteiger partial charge in [-0.1, -0.05) is 47.5 Å². The number of aryl methyl sites for hydroxylation is 2. The van der Waals surface area contributed by atoms with Crippen LogP contribution >= 0.6 is 11.6 Å². The van der Waals surface area contributed by atoms with Gasteiger partial charge in [-0.15, -0.1) is 16.0 Å². The van der Waals surface area contributed by atoms with E-state index in [1.165, 1.54) is 16.4 Å². The fourth-order valence-electron chi connectivity index (χ4n) is 4.34. The Hall–Kier alpha value is -2.92. The van der Waals surface area contributed by atoms with E-state index in [1.807, 2.05) is 13.8 Å². The number of nitrogens with zero attached hydrogens (tertiary/aromatic N) is 3. The molecule has 0 spiro atoms. The van der Waals surface area contributed by atoms with E-state index >= 15 is 0 Å². The van der Waals surface area contributed by atoms with Crippen LogP contribution in [0.1, 0.15) is 29.3 Å². The van der Waals surface area contributed by atoms with Crippen LogP contribution < -0.4 is 4.74 Å². The summed E-state index contributed by atoms with van der Waals surface area (Å²) in [4.78, 5) is 1.85. The lowest BCUT2D eigenvalue weighted by Gasteiger charge is -2.44. The van der Waals surface area contributed by atoms with Crippen molar-refractivity contribution in [3.63, 3.8) is 0 Å². The Morgan fingerprint density at radius 2 is 1.42 bits per heavy atom. The summed E-state index contributed by atoms with van der Waals surface area (Å²) >= 11 is 6.29. The van der Waals surface area contributed by atoms with Crippen LogP contribution in [0, 0.1) is 13.8 Å². The van der Waals surface area contributed by atoms with Gasteiger partial charge in [-0.05, 0) is 62.2 Å². The second kappa shape index (κ2) is 11.4. The van der Waals surface area contributed by atoms with Gasteiger partial charge >= 0.3 is 0 Å². The number of hydrogen-bond donors (Lipinski definition) is 0. The molecule has 1 heterocycles. The van der Waals surface area contributed by atoms with Gasteiger partial charge in [-0.2, -0.15) is 12.7 Å². The third kappa shape index (κ3) is 5.88. The van der Waals surface area contributed by atoms with Crippen LogP contribution in [0.5, 0.6) is 5.75 Å². The first kappa shape index (κ1) is 28.1. The largest absolute Gasteiger partial charge is 0.497 e. The third-order valence-electron chi connectivity index (χ3n) is 6.38. The normalized spacial score (nSPS) is 17.4. The van der Waals surface area contributed by atoms with Crippen molar-refractivity contribution < 1.29 is 21.6 Å². The molecule has 38 heavy (non-hydrogen) atoms. The smallest absolute Gasteiger partial charge is 0.283 e. The summed E-state index contributed by atoms with van der Waals surface area (Å²) in [5.74, 6) is 0.449. The molecule has 1 fully saturated rings. The molecule has 4 rings (SSSR count). The van der Waals surface area contributed by atoms with Crippen LogP contribution in [0.2, 0.25) is 0 Å². The minimum Gasteiger partial charge on any atom is -0.497 e. The molecule has 0 amide bonds. The number of halogens is 1. The van der Waals surface area contributed by atoms with Crippen molar-refractivity contribution in [2.75, 3.05) is 26.1 Å². The number of rotatable bonds is 7. The molecule has 0 aromatic heterocycles. The summed E-state index contributed by atoms with van der Waals surface area (Å²) in [6.07, 6.45) is -0.412. The molecular formula is C27H30ClN3O5S2. The Morgan fingerprint density at radius 1 is 0.868 bits per heavy atom. The number of alkyl halides is 1. The van der Waals surface area contributed by atoms with Crippen molar-refractivity contribution in [3.8, 4) is 5.75 Å². The third-order valence-corrected chi connectivity index (χ3v) is 9.81. The van der Waals surface area contributed by atoms with Crippen molar-refractivity contribution in [2.45, 2.75) is 36.2 Å². The molecular weight excluding hydrogens is 546 g/mol. The summed E-state index contributed by atoms with van der Waals surface area (Å²) in [6, 6.07) is 20.0. The average molecular weight is 576 g/mol. The van der Waals surface area contributed by atoms with Gasteiger partial charge in [0.25, 0.3) is 10.0 Å². The molecule has 0 N–H and O–H groups in total. The maximum absolute atomic E-state index is 13.9.